The maximum absolute atomic E-state index is 11.8. The Balaban J connectivity index is 2.47. The van der Waals surface area contributed by atoms with Gasteiger partial charge in [0.1, 0.15) is 12.4 Å². The fourth-order valence-electron chi connectivity index (χ4n) is 1.39. The molecule has 0 N–H and O–H groups in total. The maximum Gasteiger partial charge on any atom is 0.261 e. The van der Waals surface area contributed by atoms with Crippen molar-refractivity contribution in [3.63, 3.8) is 0 Å². The number of ketones is 1. The molecule has 106 valence electrons. The summed E-state index contributed by atoms with van der Waals surface area (Å²) < 4.78 is 33.7. The van der Waals surface area contributed by atoms with Crippen molar-refractivity contribution in [2.24, 2.45) is 0 Å². The van der Waals surface area contributed by atoms with Gasteiger partial charge in [-0.1, -0.05) is 0 Å². The number of rotatable bonds is 8. The number of nitrogens with zero attached hydrogens (tertiary/aromatic N) is 1. The number of hydrogen-bond acceptors (Lipinski definition) is 4. The lowest BCUT2D eigenvalue weighted by atomic mass is 10.1. The molecule has 6 heteroatoms. The number of alkyl halides is 2. The molecule has 0 aliphatic carbocycles. The van der Waals surface area contributed by atoms with Crippen LogP contribution in [0.3, 0.4) is 0 Å². The summed E-state index contributed by atoms with van der Waals surface area (Å²) in [6.45, 7) is 3.06. The Morgan fingerprint density at radius 3 is 2.74 bits per heavy atom. The van der Waals surface area contributed by atoms with Crippen molar-refractivity contribution >= 4 is 5.78 Å². The molecule has 0 fully saturated rings. The molecule has 0 radical (unpaired) electrons. The van der Waals surface area contributed by atoms with Crippen LogP contribution in [0.1, 0.15) is 30.6 Å². The number of ether oxygens (including phenoxy) is 2. The van der Waals surface area contributed by atoms with E-state index in [1.165, 1.54) is 12.4 Å². The summed E-state index contributed by atoms with van der Waals surface area (Å²) in [7, 11) is 0. The highest BCUT2D eigenvalue weighted by Gasteiger charge is 2.09. The molecule has 0 atom stereocenters. The largest absolute Gasteiger partial charge is 0.489 e. The van der Waals surface area contributed by atoms with Gasteiger partial charge in [0.15, 0.2) is 5.78 Å². The van der Waals surface area contributed by atoms with Crippen LogP contribution >= 0.6 is 0 Å². The molecule has 0 unspecified atom stereocenters. The van der Waals surface area contributed by atoms with Gasteiger partial charge in [0.05, 0.1) is 18.9 Å². The molecule has 0 saturated heterocycles. The first kappa shape index (κ1) is 15.5. The lowest BCUT2D eigenvalue weighted by Gasteiger charge is -2.10. The number of carbonyl (C=O) groups excluding carboxylic acids is 1. The number of aromatic nitrogens is 1. The Labute approximate surface area is 110 Å². The van der Waals surface area contributed by atoms with E-state index < -0.39 is 13.0 Å². The Morgan fingerprint density at radius 2 is 2.11 bits per heavy atom. The van der Waals surface area contributed by atoms with Crippen LogP contribution in [0.4, 0.5) is 8.78 Å². The Hall–Kier alpha value is -1.56. The zero-order valence-corrected chi connectivity index (χ0v) is 10.9. The topological polar surface area (TPSA) is 48.4 Å². The van der Waals surface area contributed by atoms with E-state index in [-0.39, 0.29) is 24.9 Å². The summed E-state index contributed by atoms with van der Waals surface area (Å²) in [5.41, 5.74) is 0.388. The molecule has 0 amide bonds. The molecule has 19 heavy (non-hydrogen) atoms. The zero-order chi connectivity index (χ0) is 14.3. The van der Waals surface area contributed by atoms with Crippen LogP contribution in [0.25, 0.3) is 0 Å². The molecule has 0 aliphatic rings. The van der Waals surface area contributed by atoms with Gasteiger partial charge in [0, 0.05) is 18.2 Å². The Bertz CT molecular complexity index is 411. The number of Topliss-reactive ketones (excluding diaryl/α,β-unsaturated/α-hetero) is 1. The molecule has 1 aromatic heterocycles. The monoisotopic (exact) mass is 273 g/mol. The van der Waals surface area contributed by atoms with E-state index in [0.29, 0.717) is 11.3 Å². The lowest BCUT2D eigenvalue weighted by Crippen LogP contribution is -2.10. The third kappa shape index (κ3) is 6.24. The van der Waals surface area contributed by atoms with Gasteiger partial charge in [-0.3, -0.25) is 9.78 Å². The fourth-order valence-corrected chi connectivity index (χ4v) is 1.39. The molecule has 0 aromatic carbocycles. The van der Waals surface area contributed by atoms with Crippen LogP contribution < -0.4 is 4.74 Å². The van der Waals surface area contributed by atoms with Crippen molar-refractivity contribution in [3.05, 3.63) is 24.0 Å². The van der Waals surface area contributed by atoms with Crippen molar-refractivity contribution in [2.45, 2.75) is 32.8 Å². The van der Waals surface area contributed by atoms with E-state index in [9.17, 15) is 13.6 Å². The maximum atomic E-state index is 11.8. The third-order valence-electron chi connectivity index (χ3n) is 2.12. The number of halogens is 2. The van der Waals surface area contributed by atoms with Crippen molar-refractivity contribution in [3.8, 4) is 5.75 Å². The van der Waals surface area contributed by atoms with Gasteiger partial charge in [0.25, 0.3) is 6.43 Å². The van der Waals surface area contributed by atoms with Crippen molar-refractivity contribution in [1.82, 2.24) is 4.98 Å². The fraction of sp³-hybridized carbons (Fsp3) is 0.538. The van der Waals surface area contributed by atoms with Gasteiger partial charge < -0.3 is 9.47 Å². The number of hydrogen-bond donors (Lipinski definition) is 0. The highest BCUT2D eigenvalue weighted by atomic mass is 19.3. The summed E-state index contributed by atoms with van der Waals surface area (Å²) in [4.78, 5) is 15.7. The van der Waals surface area contributed by atoms with Gasteiger partial charge >= 0.3 is 0 Å². The van der Waals surface area contributed by atoms with E-state index in [1.807, 2.05) is 13.8 Å². The molecule has 0 spiro atoms. The second-order valence-electron chi connectivity index (χ2n) is 4.22. The van der Waals surface area contributed by atoms with Crippen LogP contribution in [0.5, 0.6) is 5.75 Å². The van der Waals surface area contributed by atoms with E-state index in [1.54, 1.807) is 6.07 Å². The minimum absolute atomic E-state index is 0.0125. The van der Waals surface area contributed by atoms with E-state index in [2.05, 4.69) is 9.72 Å². The normalized spacial score (nSPS) is 11.1. The van der Waals surface area contributed by atoms with E-state index in [4.69, 9.17) is 4.74 Å². The SMILES string of the molecule is CC(C)Oc1cncc(C(=O)CCOCC(F)F)c1. The van der Waals surface area contributed by atoms with Crippen molar-refractivity contribution in [1.29, 1.82) is 0 Å². The quantitative estimate of drug-likeness (QED) is 0.540. The summed E-state index contributed by atoms with van der Waals surface area (Å²) in [6.07, 6.45) is 0.452. The minimum atomic E-state index is -2.51. The van der Waals surface area contributed by atoms with Gasteiger partial charge in [-0.05, 0) is 19.9 Å². The molecule has 1 aromatic rings. The molecule has 0 bridgehead atoms. The van der Waals surface area contributed by atoms with Gasteiger partial charge in [-0.2, -0.15) is 0 Å². The summed E-state index contributed by atoms with van der Waals surface area (Å²) in [5.74, 6) is 0.297. The molecule has 0 aliphatic heterocycles. The molecule has 1 heterocycles. The predicted octanol–water partition coefficient (Wildman–Crippen LogP) is 2.72. The van der Waals surface area contributed by atoms with Crippen LogP contribution in [-0.4, -0.2) is 36.5 Å². The molecule has 1 rings (SSSR count). The average Bonchev–Trinajstić information content (AvgIpc) is 2.33. The first-order valence-electron chi connectivity index (χ1n) is 6.00. The molecule has 0 saturated carbocycles. The molecular formula is C13H17F2NO3. The van der Waals surface area contributed by atoms with Crippen LogP contribution in [0, 0.1) is 0 Å². The van der Waals surface area contributed by atoms with E-state index >= 15 is 0 Å². The van der Waals surface area contributed by atoms with Crippen molar-refractivity contribution in [2.75, 3.05) is 13.2 Å². The summed E-state index contributed by atoms with van der Waals surface area (Å²) >= 11 is 0. The zero-order valence-electron chi connectivity index (χ0n) is 10.9. The highest BCUT2D eigenvalue weighted by Crippen LogP contribution is 2.14. The average molecular weight is 273 g/mol. The first-order chi connectivity index (χ1) is 8.99. The lowest BCUT2D eigenvalue weighted by molar-refractivity contribution is 0.0169. The predicted molar refractivity (Wildman–Crippen MR) is 65.8 cm³/mol. The smallest absolute Gasteiger partial charge is 0.261 e. The van der Waals surface area contributed by atoms with E-state index in [0.717, 1.165) is 0 Å². The van der Waals surface area contributed by atoms with Gasteiger partial charge in [0.2, 0.25) is 0 Å². The van der Waals surface area contributed by atoms with Crippen LogP contribution in [0.15, 0.2) is 18.5 Å². The Morgan fingerprint density at radius 1 is 1.37 bits per heavy atom. The van der Waals surface area contributed by atoms with Gasteiger partial charge in [-0.15, -0.1) is 0 Å². The van der Waals surface area contributed by atoms with Gasteiger partial charge in [-0.25, -0.2) is 8.78 Å². The minimum Gasteiger partial charge on any atom is -0.489 e. The Kier molecular flexibility index (Phi) is 6.35. The molecule has 4 nitrogen and oxygen atoms in total. The van der Waals surface area contributed by atoms with Crippen molar-refractivity contribution < 1.29 is 23.0 Å². The van der Waals surface area contributed by atoms with Crippen LogP contribution in [-0.2, 0) is 4.74 Å². The second-order valence-corrected chi connectivity index (χ2v) is 4.22. The summed E-state index contributed by atoms with van der Waals surface area (Å²) in [6, 6.07) is 1.59. The highest BCUT2D eigenvalue weighted by molar-refractivity contribution is 5.96. The summed E-state index contributed by atoms with van der Waals surface area (Å²) in [5, 5.41) is 0. The standard InChI is InChI=1S/C13H17F2NO3/c1-9(2)19-11-5-10(6-16-7-11)12(17)3-4-18-8-13(14)15/h5-7,9,13H,3-4,8H2,1-2H3. The number of pyridine rings is 1. The second kappa shape index (κ2) is 7.78. The molecular weight excluding hydrogens is 256 g/mol. The first-order valence-corrected chi connectivity index (χ1v) is 6.00. The third-order valence-corrected chi connectivity index (χ3v) is 2.12. The number of carbonyl (C=O) groups is 1. The van der Waals surface area contributed by atoms with Crippen LogP contribution in [0.2, 0.25) is 0 Å².